The monoisotopic (exact) mass is 282 g/mol. The summed E-state index contributed by atoms with van der Waals surface area (Å²) in [6.07, 6.45) is 0. The summed E-state index contributed by atoms with van der Waals surface area (Å²) < 4.78 is 6.71. The van der Waals surface area contributed by atoms with E-state index >= 15 is 0 Å². The van der Waals surface area contributed by atoms with Crippen LogP contribution in [0.5, 0.6) is 0 Å². The first-order chi connectivity index (χ1) is 9.97. The molecule has 0 aliphatic heterocycles. The second-order valence-electron chi connectivity index (χ2n) is 5.48. The maximum Gasteiger partial charge on any atom is 0.419 e. The van der Waals surface area contributed by atoms with E-state index in [1.807, 2.05) is 24.3 Å². The molecule has 2 N–H and O–H groups in total. The molecular formula is C17H18N2O2. The van der Waals surface area contributed by atoms with E-state index in [4.69, 9.17) is 10.2 Å². The van der Waals surface area contributed by atoms with Gasteiger partial charge in [0.2, 0.25) is 0 Å². The standard InChI is InChI=1S/C17H18N2O2/c1-10-4-5-12(8-11(10)2)16(18)13-6-7-14-15(9-13)21-17(20)19(14)3/h4-9,16H,18H2,1-3H3. The average molecular weight is 282 g/mol. The van der Waals surface area contributed by atoms with Crippen LogP contribution in [0.25, 0.3) is 11.1 Å². The molecule has 0 radical (unpaired) electrons. The minimum atomic E-state index is -0.359. The SMILES string of the molecule is Cc1ccc(C(N)c2ccc3c(c2)oc(=O)n3C)cc1C. The lowest BCUT2D eigenvalue weighted by molar-refractivity contribution is 0.527. The fraction of sp³-hybridized carbons (Fsp3) is 0.235. The highest BCUT2D eigenvalue weighted by atomic mass is 16.4. The number of benzene rings is 2. The predicted octanol–water partition coefficient (Wildman–Crippen LogP) is 2.80. The highest BCUT2D eigenvalue weighted by molar-refractivity contribution is 5.74. The third-order valence-electron chi connectivity index (χ3n) is 4.07. The summed E-state index contributed by atoms with van der Waals surface area (Å²) in [5, 5.41) is 0. The van der Waals surface area contributed by atoms with E-state index in [0.717, 1.165) is 16.6 Å². The van der Waals surface area contributed by atoms with Gasteiger partial charge >= 0.3 is 5.76 Å². The average Bonchev–Trinajstić information content (AvgIpc) is 2.76. The number of hydrogen-bond donors (Lipinski definition) is 1. The summed E-state index contributed by atoms with van der Waals surface area (Å²) in [7, 11) is 1.69. The minimum Gasteiger partial charge on any atom is -0.408 e. The van der Waals surface area contributed by atoms with Crippen LogP contribution in [-0.4, -0.2) is 4.57 Å². The highest BCUT2D eigenvalue weighted by Gasteiger charge is 2.13. The zero-order valence-corrected chi connectivity index (χ0v) is 12.4. The third kappa shape index (κ3) is 2.28. The molecular weight excluding hydrogens is 264 g/mol. The quantitative estimate of drug-likeness (QED) is 0.786. The normalized spacial score (nSPS) is 12.8. The van der Waals surface area contributed by atoms with E-state index in [0.29, 0.717) is 5.58 Å². The van der Waals surface area contributed by atoms with Crippen LogP contribution >= 0.6 is 0 Å². The number of nitrogens with zero attached hydrogens (tertiary/aromatic N) is 1. The Labute approximate surface area is 122 Å². The number of aryl methyl sites for hydroxylation is 3. The molecule has 4 heteroatoms. The van der Waals surface area contributed by atoms with Crippen LogP contribution in [0.3, 0.4) is 0 Å². The molecule has 1 aromatic heterocycles. The van der Waals surface area contributed by atoms with Crippen LogP contribution < -0.4 is 11.5 Å². The van der Waals surface area contributed by atoms with E-state index in [-0.39, 0.29) is 11.8 Å². The van der Waals surface area contributed by atoms with Crippen LogP contribution in [0, 0.1) is 13.8 Å². The van der Waals surface area contributed by atoms with E-state index in [2.05, 4.69) is 26.0 Å². The topological polar surface area (TPSA) is 61.2 Å². The van der Waals surface area contributed by atoms with Gasteiger partial charge in [-0.05, 0) is 48.2 Å². The lowest BCUT2D eigenvalue weighted by atomic mass is 9.96. The van der Waals surface area contributed by atoms with Crippen molar-refractivity contribution in [3.05, 3.63) is 69.2 Å². The molecule has 108 valence electrons. The van der Waals surface area contributed by atoms with E-state index in [9.17, 15) is 4.79 Å². The molecule has 3 aromatic rings. The Morgan fingerprint density at radius 2 is 1.71 bits per heavy atom. The number of hydrogen-bond acceptors (Lipinski definition) is 3. The van der Waals surface area contributed by atoms with Gasteiger partial charge < -0.3 is 10.2 Å². The Morgan fingerprint density at radius 1 is 1.05 bits per heavy atom. The molecule has 2 aromatic carbocycles. The number of rotatable bonds is 2. The van der Waals surface area contributed by atoms with Gasteiger partial charge in [-0.15, -0.1) is 0 Å². The van der Waals surface area contributed by atoms with Crippen LogP contribution in [0.4, 0.5) is 0 Å². The lowest BCUT2D eigenvalue weighted by Crippen LogP contribution is -2.12. The molecule has 0 fully saturated rings. The summed E-state index contributed by atoms with van der Waals surface area (Å²) in [6, 6.07) is 11.6. The van der Waals surface area contributed by atoms with Gasteiger partial charge in [0.25, 0.3) is 0 Å². The van der Waals surface area contributed by atoms with Crippen molar-refractivity contribution in [3.8, 4) is 0 Å². The van der Waals surface area contributed by atoms with Gasteiger partial charge in [-0.25, -0.2) is 4.79 Å². The molecule has 0 bridgehead atoms. The number of aromatic nitrogens is 1. The maximum absolute atomic E-state index is 11.5. The Balaban J connectivity index is 2.06. The molecule has 0 saturated heterocycles. The highest BCUT2D eigenvalue weighted by Crippen LogP contribution is 2.24. The van der Waals surface area contributed by atoms with E-state index in [1.54, 1.807) is 7.05 Å². The molecule has 0 spiro atoms. The Bertz CT molecular complexity index is 874. The number of nitrogens with two attached hydrogens (primary N) is 1. The van der Waals surface area contributed by atoms with E-state index in [1.165, 1.54) is 15.7 Å². The van der Waals surface area contributed by atoms with Crippen LogP contribution in [0.2, 0.25) is 0 Å². The number of oxazole rings is 1. The molecule has 0 saturated carbocycles. The molecule has 0 aliphatic carbocycles. The second kappa shape index (κ2) is 4.90. The van der Waals surface area contributed by atoms with Crippen molar-refractivity contribution in [2.24, 2.45) is 12.8 Å². The number of fused-ring (bicyclic) bond motifs is 1. The Hall–Kier alpha value is -2.33. The van der Waals surface area contributed by atoms with Crippen LogP contribution in [-0.2, 0) is 7.05 Å². The fourth-order valence-electron chi connectivity index (χ4n) is 2.49. The molecule has 0 amide bonds. The minimum absolute atomic E-state index is 0.237. The summed E-state index contributed by atoms with van der Waals surface area (Å²) in [5.74, 6) is -0.359. The molecule has 3 rings (SSSR count). The predicted molar refractivity (Wildman–Crippen MR) is 83.4 cm³/mol. The Kier molecular flexibility index (Phi) is 3.18. The first kappa shape index (κ1) is 13.6. The lowest BCUT2D eigenvalue weighted by Gasteiger charge is -2.14. The van der Waals surface area contributed by atoms with Gasteiger partial charge in [0.1, 0.15) is 0 Å². The zero-order valence-electron chi connectivity index (χ0n) is 12.4. The Morgan fingerprint density at radius 3 is 2.43 bits per heavy atom. The first-order valence-electron chi connectivity index (χ1n) is 6.89. The molecule has 1 unspecified atom stereocenters. The van der Waals surface area contributed by atoms with Gasteiger partial charge in [0, 0.05) is 7.05 Å². The zero-order chi connectivity index (χ0) is 15.1. The molecule has 1 atom stereocenters. The fourth-order valence-corrected chi connectivity index (χ4v) is 2.49. The summed E-state index contributed by atoms with van der Waals surface area (Å²) in [6.45, 7) is 4.15. The maximum atomic E-state index is 11.5. The van der Waals surface area contributed by atoms with Crippen LogP contribution in [0.15, 0.2) is 45.6 Å². The van der Waals surface area contributed by atoms with Gasteiger partial charge in [0.15, 0.2) is 5.58 Å². The van der Waals surface area contributed by atoms with Gasteiger partial charge in [-0.3, -0.25) is 4.57 Å². The van der Waals surface area contributed by atoms with Crippen molar-refractivity contribution in [2.75, 3.05) is 0 Å². The van der Waals surface area contributed by atoms with Gasteiger partial charge in [-0.1, -0.05) is 24.3 Å². The largest absolute Gasteiger partial charge is 0.419 e. The smallest absolute Gasteiger partial charge is 0.408 e. The summed E-state index contributed by atoms with van der Waals surface area (Å²) >= 11 is 0. The van der Waals surface area contributed by atoms with Crippen molar-refractivity contribution in [2.45, 2.75) is 19.9 Å². The first-order valence-corrected chi connectivity index (χ1v) is 6.89. The molecule has 0 aliphatic rings. The third-order valence-corrected chi connectivity index (χ3v) is 4.07. The van der Waals surface area contributed by atoms with E-state index < -0.39 is 0 Å². The van der Waals surface area contributed by atoms with Gasteiger partial charge in [0.05, 0.1) is 11.6 Å². The summed E-state index contributed by atoms with van der Waals surface area (Å²) in [5.41, 5.74) is 12.1. The van der Waals surface area contributed by atoms with Crippen molar-refractivity contribution >= 4 is 11.1 Å². The van der Waals surface area contributed by atoms with Crippen LogP contribution in [0.1, 0.15) is 28.3 Å². The van der Waals surface area contributed by atoms with Crippen molar-refractivity contribution in [3.63, 3.8) is 0 Å². The molecule has 4 nitrogen and oxygen atoms in total. The van der Waals surface area contributed by atoms with Crippen molar-refractivity contribution < 1.29 is 4.42 Å². The molecule has 1 heterocycles. The van der Waals surface area contributed by atoms with Gasteiger partial charge in [-0.2, -0.15) is 0 Å². The summed E-state index contributed by atoms with van der Waals surface area (Å²) in [4.78, 5) is 11.5. The second-order valence-corrected chi connectivity index (χ2v) is 5.48. The van der Waals surface area contributed by atoms with Crippen molar-refractivity contribution in [1.29, 1.82) is 0 Å². The molecule has 21 heavy (non-hydrogen) atoms. The van der Waals surface area contributed by atoms with Crippen molar-refractivity contribution in [1.82, 2.24) is 4.57 Å².